The van der Waals surface area contributed by atoms with E-state index >= 15 is 0 Å². The third-order valence-corrected chi connectivity index (χ3v) is 4.46. The Bertz CT molecular complexity index is 1080. The normalized spacial score (nSPS) is 10.7. The molecule has 0 unspecified atom stereocenters. The SMILES string of the molecule is Cc1cc(=O)n(CC(=O)Nc2cc(Cl)ccc2C)c(-c2cccc(Cl)c2)n1. The zero-order valence-corrected chi connectivity index (χ0v) is 16.3. The molecular weight excluding hydrogens is 385 g/mol. The Labute approximate surface area is 166 Å². The molecular formula is C20H17Cl2N3O2. The Morgan fingerprint density at radius 3 is 2.56 bits per heavy atom. The number of amides is 1. The summed E-state index contributed by atoms with van der Waals surface area (Å²) in [7, 11) is 0. The van der Waals surface area contributed by atoms with Crippen LogP contribution in [0, 0.1) is 13.8 Å². The van der Waals surface area contributed by atoms with E-state index in [2.05, 4.69) is 10.3 Å². The number of aryl methyl sites for hydroxylation is 2. The van der Waals surface area contributed by atoms with E-state index in [1.807, 2.05) is 13.0 Å². The van der Waals surface area contributed by atoms with Crippen LogP contribution in [0.25, 0.3) is 11.4 Å². The number of anilines is 1. The van der Waals surface area contributed by atoms with Crippen molar-refractivity contribution >= 4 is 34.8 Å². The molecule has 5 nitrogen and oxygen atoms in total. The van der Waals surface area contributed by atoms with E-state index in [0.717, 1.165) is 5.56 Å². The maximum absolute atomic E-state index is 12.6. The van der Waals surface area contributed by atoms with Crippen molar-refractivity contribution < 1.29 is 4.79 Å². The Hall–Kier alpha value is -2.63. The number of carbonyl (C=O) groups excluding carboxylic acids is 1. The zero-order chi connectivity index (χ0) is 19.6. The predicted molar refractivity (Wildman–Crippen MR) is 108 cm³/mol. The molecule has 0 saturated heterocycles. The third-order valence-electron chi connectivity index (χ3n) is 3.99. The van der Waals surface area contributed by atoms with Crippen LogP contribution in [0.2, 0.25) is 10.0 Å². The van der Waals surface area contributed by atoms with Crippen LogP contribution in [0.3, 0.4) is 0 Å². The van der Waals surface area contributed by atoms with Gasteiger partial charge in [-0.3, -0.25) is 14.2 Å². The quantitative estimate of drug-likeness (QED) is 0.700. The molecule has 1 amide bonds. The molecule has 7 heteroatoms. The van der Waals surface area contributed by atoms with Gasteiger partial charge in [-0.15, -0.1) is 0 Å². The molecule has 0 aliphatic heterocycles. The fourth-order valence-electron chi connectivity index (χ4n) is 2.68. The van der Waals surface area contributed by atoms with Crippen LogP contribution in [0.15, 0.2) is 53.3 Å². The summed E-state index contributed by atoms with van der Waals surface area (Å²) in [5.74, 6) is 0.0388. The zero-order valence-electron chi connectivity index (χ0n) is 14.8. The first-order valence-corrected chi connectivity index (χ1v) is 8.99. The molecule has 0 fully saturated rings. The Kier molecular flexibility index (Phi) is 5.63. The molecule has 27 heavy (non-hydrogen) atoms. The number of rotatable bonds is 4. The third kappa shape index (κ3) is 4.56. The first kappa shape index (κ1) is 19.1. The molecule has 0 spiro atoms. The monoisotopic (exact) mass is 401 g/mol. The Morgan fingerprint density at radius 1 is 1.07 bits per heavy atom. The van der Waals surface area contributed by atoms with Crippen LogP contribution in [-0.2, 0) is 11.3 Å². The molecule has 3 rings (SSSR count). The van der Waals surface area contributed by atoms with Gasteiger partial charge in [0.2, 0.25) is 5.91 Å². The van der Waals surface area contributed by atoms with Crippen molar-refractivity contribution in [2.45, 2.75) is 20.4 Å². The highest BCUT2D eigenvalue weighted by atomic mass is 35.5. The van der Waals surface area contributed by atoms with E-state index in [-0.39, 0.29) is 18.0 Å². The topological polar surface area (TPSA) is 64.0 Å². The average molecular weight is 402 g/mol. The van der Waals surface area contributed by atoms with Crippen LogP contribution < -0.4 is 10.9 Å². The summed E-state index contributed by atoms with van der Waals surface area (Å²) in [5.41, 5.74) is 2.39. The van der Waals surface area contributed by atoms with Gasteiger partial charge in [-0.2, -0.15) is 0 Å². The average Bonchev–Trinajstić information content (AvgIpc) is 2.60. The van der Waals surface area contributed by atoms with Crippen LogP contribution in [-0.4, -0.2) is 15.5 Å². The first-order chi connectivity index (χ1) is 12.8. The molecule has 0 bridgehead atoms. The maximum Gasteiger partial charge on any atom is 0.254 e. The molecule has 1 aromatic heterocycles. The molecule has 2 aromatic carbocycles. The Balaban J connectivity index is 1.96. The summed E-state index contributed by atoms with van der Waals surface area (Å²) in [6.45, 7) is 3.41. The van der Waals surface area contributed by atoms with E-state index in [1.54, 1.807) is 43.3 Å². The van der Waals surface area contributed by atoms with E-state index in [1.165, 1.54) is 10.6 Å². The van der Waals surface area contributed by atoms with Gasteiger partial charge in [0.05, 0.1) is 0 Å². The van der Waals surface area contributed by atoms with Crippen LogP contribution in [0.4, 0.5) is 5.69 Å². The standard InChI is InChI=1S/C20H17Cl2N3O2/c1-12-6-7-16(22)10-17(12)24-18(26)11-25-19(27)8-13(2)23-20(25)14-4-3-5-15(21)9-14/h3-10H,11H2,1-2H3,(H,24,26). The van der Waals surface area contributed by atoms with Gasteiger partial charge in [-0.05, 0) is 43.7 Å². The highest BCUT2D eigenvalue weighted by Crippen LogP contribution is 2.22. The van der Waals surface area contributed by atoms with Gasteiger partial charge in [-0.25, -0.2) is 4.98 Å². The van der Waals surface area contributed by atoms with Gasteiger partial charge >= 0.3 is 0 Å². The van der Waals surface area contributed by atoms with Crippen LogP contribution in [0.5, 0.6) is 0 Å². The second-order valence-corrected chi connectivity index (χ2v) is 7.04. The number of aromatic nitrogens is 2. The van der Waals surface area contributed by atoms with Crippen molar-refractivity contribution in [3.63, 3.8) is 0 Å². The van der Waals surface area contributed by atoms with Crippen molar-refractivity contribution in [1.82, 2.24) is 9.55 Å². The molecule has 1 N–H and O–H groups in total. The lowest BCUT2D eigenvalue weighted by molar-refractivity contribution is -0.116. The number of nitrogens with one attached hydrogen (secondary N) is 1. The van der Waals surface area contributed by atoms with Gasteiger partial charge in [0.1, 0.15) is 12.4 Å². The summed E-state index contributed by atoms with van der Waals surface area (Å²) < 4.78 is 1.33. The summed E-state index contributed by atoms with van der Waals surface area (Å²) in [4.78, 5) is 29.5. The fraction of sp³-hybridized carbons (Fsp3) is 0.150. The van der Waals surface area contributed by atoms with Crippen molar-refractivity contribution in [3.8, 4) is 11.4 Å². The van der Waals surface area contributed by atoms with Gasteiger partial charge in [0.15, 0.2) is 0 Å². The number of halogens is 2. The molecule has 0 aliphatic rings. The molecule has 0 aliphatic carbocycles. The molecule has 3 aromatic rings. The minimum absolute atomic E-state index is 0.181. The van der Waals surface area contributed by atoms with Gasteiger partial charge in [0, 0.05) is 33.1 Å². The highest BCUT2D eigenvalue weighted by Gasteiger charge is 2.14. The second kappa shape index (κ2) is 7.94. The summed E-state index contributed by atoms with van der Waals surface area (Å²) >= 11 is 12.1. The first-order valence-electron chi connectivity index (χ1n) is 8.24. The lowest BCUT2D eigenvalue weighted by atomic mass is 10.2. The van der Waals surface area contributed by atoms with Crippen LogP contribution in [0.1, 0.15) is 11.3 Å². The van der Waals surface area contributed by atoms with Gasteiger partial charge < -0.3 is 5.32 Å². The van der Waals surface area contributed by atoms with E-state index in [4.69, 9.17) is 23.2 Å². The molecule has 0 saturated carbocycles. The van der Waals surface area contributed by atoms with Gasteiger partial charge in [-0.1, -0.05) is 41.4 Å². The lowest BCUT2D eigenvalue weighted by Gasteiger charge is -2.14. The van der Waals surface area contributed by atoms with Crippen molar-refractivity contribution in [3.05, 3.63) is 80.2 Å². The molecule has 138 valence electrons. The van der Waals surface area contributed by atoms with Crippen LogP contribution >= 0.6 is 23.2 Å². The number of benzene rings is 2. The molecule has 0 atom stereocenters. The summed E-state index contributed by atoms with van der Waals surface area (Å²) in [6.07, 6.45) is 0. The van der Waals surface area contributed by atoms with Crippen molar-refractivity contribution in [2.24, 2.45) is 0 Å². The highest BCUT2D eigenvalue weighted by molar-refractivity contribution is 6.31. The fourth-order valence-corrected chi connectivity index (χ4v) is 3.05. The number of nitrogens with zero attached hydrogens (tertiary/aromatic N) is 2. The van der Waals surface area contributed by atoms with E-state index in [9.17, 15) is 9.59 Å². The summed E-state index contributed by atoms with van der Waals surface area (Å²) in [5, 5.41) is 3.83. The predicted octanol–water partition coefficient (Wildman–Crippen LogP) is 4.47. The molecule has 1 heterocycles. The minimum Gasteiger partial charge on any atom is -0.324 e. The molecule has 0 radical (unpaired) electrons. The number of hydrogen-bond acceptors (Lipinski definition) is 3. The van der Waals surface area contributed by atoms with Crippen molar-refractivity contribution in [2.75, 3.05) is 5.32 Å². The van der Waals surface area contributed by atoms with Crippen molar-refractivity contribution in [1.29, 1.82) is 0 Å². The Morgan fingerprint density at radius 2 is 1.81 bits per heavy atom. The summed E-state index contributed by atoms with van der Waals surface area (Å²) in [6, 6.07) is 13.6. The maximum atomic E-state index is 12.6. The number of hydrogen-bond donors (Lipinski definition) is 1. The number of carbonyl (C=O) groups is 1. The van der Waals surface area contributed by atoms with Gasteiger partial charge in [0.25, 0.3) is 5.56 Å². The second-order valence-electron chi connectivity index (χ2n) is 6.16. The van der Waals surface area contributed by atoms with E-state index in [0.29, 0.717) is 32.8 Å². The minimum atomic E-state index is -0.351. The smallest absolute Gasteiger partial charge is 0.254 e. The van der Waals surface area contributed by atoms with E-state index < -0.39 is 0 Å². The lowest BCUT2D eigenvalue weighted by Crippen LogP contribution is -2.29. The largest absolute Gasteiger partial charge is 0.324 e.